The summed E-state index contributed by atoms with van der Waals surface area (Å²) in [6, 6.07) is 11.9. The van der Waals surface area contributed by atoms with E-state index in [4.69, 9.17) is 0 Å². The molecule has 4 rings (SSSR count). The maximum atomic E-state index is 10.4. The monoisotopic (exact) mass is 317 g/mol. The molecule has 0 amide bonds. The van der Waals surface area contributed by atoms with Crippen LogP contribution in [0.25, 0.3) is 22.4 Å². The Morgan fingerprint density at radius 1 is 1.08 bits per heavy atom. The molecule has 0 radical (unpaired) electrons. The van der Waals surface area contributed by atoms with Gasteiger partial charge in [-0.2, -0.15) is 0 Å². The van der Waals surface area contributed by atoms with E-state index in [9.17, 15) is 5.11 Å². The van der Waals surface area contributed by atoms with Crippen molar-refractivity contribution in [2.75, 3.05) is 0 Å². The van der Waals surface area contributed by atoms with Gasteiger partial charge in [0.15, 0.2) is 17.3 Å². The summed E-state index contributed by atoms with van der Waals surface area (Å²) in [4.78, 5) is 11.6. The summed E-state index contributed by atoms with van der Waals surface area (Å²) >= 11 is 0. The first-order valence-electron chi connectivity index (χ1n) is 7.61. The van der Waals surface area contributed by atoms with E-state index in [1.54, 1.807) is 18.5 Å². The first kappa shape index (κ1) is 14.3. The molecule has 2 N–H and O–H groups in total. The number of hydrogen-bond donors (Lipinski definition) is 2. The van der Waals surface area contributed by atoms with E-state index in [-0.39, 0.29) is 5.75 Å². The van der Waals surface area contributed by atoms with E-state index in [1.165, 1.54) is 5.56 Å². The van der Waals surface area contributed by atoms with Gasteiger partial charge in [-0.3, -0.25) is 4.98 Å². The van der Waals surface area contributed by atoms with Crippen LogP contribution in [0.4, 0.5) is 0 Å². The van der Waals surface area contributed by atoms with Gasteiger partial charge in [0.1, 0.15) is 11.3 Å². The lowest BCUT2D eigenvalue weighted by Crippen LogP contribution is -1.92. The van der Waals surface area contributed by atoms with E-state index < -0.39 is 0 Å². The summed E-state index contributed by atoms with van der Waals surface area (Å²) in [7, 11) is 0. The van der Waals surface area contributed by atoms with E-state index in [1.807, 2.05) is 18.2 Å². The normalized spacial score (nSPS) is 11.0. The fraction of sp³-hybridized carbons (Fsp3) is 0.111. The van der Waals surface area contributed by atoms with Gasteiger partial charge < -0.3 is 10.1 Å². The summed E-state index contributed by atoms with van der Waals surface area (Å²) in [5.41, 5.74) is 3.20. The molecule has 4 aromatic rings. The first-order chi connectivity index (χ1) is 11.7. The number of pyridine rings is 2. The molecule has 0 fully saturated rings. The second-order valence-corrected chi connectivity index (χ2v) is 5.68. The van der Waals surface area contributed by atoms with E-state index in [2.05, 4.69) is 44.2 Å². The van der Waals surface area contributed by atoms with Crippen LogP contribution in [0.1, 0.15) is 17.0 Å². The maximum Gasteiger partial charge on any atom is 0.183 e. The summed E-state index contributed by atoms with van der Waals surface area (Å²) < 4.78 is 0. The van der Waals surface area contributed by atoms with Crippen LogP contribution in [-0.4, -0.2) is 30.3 Å². The molecular formula is C18H15N5O. The number of hydrogen-bond acceptors (Lipinski definition) is 5. The highest BCUT2D eigenvalue weighted by molar-refractivity contribution is 5.88. The highest BCUT2D eigenvalue weighted by Gasteiger charge is 2.15. The van der Waals surface area contributed by atoms with Crippen LogP contribution >= 0.6 is 0 Å². The van der Waals surface area contributed by atoms with Crippen LogP contribution in [0.5, 0.6) is 5.75 Å². The largest absolute Gasteiger partial charge is 0.504 e. The minimum Gasteiger partial charge on any atom is -0.504 e. The minimum absolute atomic E-state index is 0.00588. The number of aryl methyl sites for hydroxylation is 1. The number of aromatic amines is 1. The van der Waals surface area contributed by atoms with Crippen molar-refractivity contribution < 1.29 is 5.11 Å². The smallest absolute Gasteiger partial charge is 0.183 e. The van der Waals surface area contributed by atoms with Gasteiger partial charge in [-0.15, -0.1) is 10.2 Å². The SMILES string of the molecule is Cc1cccc(Cc2nnc(-c3ncc4cccnc4c3O)[nH]2)c1. The fourth-order valence-corrected chi connectivity index (χ4v) is 2.70. The molecule has 6 nitrogen and oxygen atoms in total. The zero-order chi connectivity index (χ0) is 16.5. The molecular weight excluding hydrogens is 302 g/mol. The summed E-state index contributed by atoms with van der Waals surface area (Å²) in [6.45, 7) is 2.05. The summed E-state index contributed by atoms with van der Waals surface area (Å²) in [5.74, 6) is 1.16. The van der Waals surface area contributed by atoms with Gasteiger partial charge in [-0.25, -0.2) is 4.98 Å². The summed E-state index contributed by atoms with van der Waals surface area (Å²) in [5, 5.41) is 19.5. The average Bonchev–Trinajstić information content (AvgIpc) is 3.04. The predicted octanol–water partition coefficient (Wildman–Crippen LogP) is 3.02. The van der Waals surface area contributed by atoms with Gasteiger partial charge in [0.05, 0.1) is 0 Å². The Morgan fingerprint density at radius 3 is 2.88 bits per heavy atom. The Bertz CT molecular complexity index is 1020. The Balaban J connectivity index is 1.69. The molecule has 3 aromatic heterocycles. The Labute approximate surface area is 138 Å². The van der Waals surface area contributed by atoms with Crippen LogP contribution in [-0.2, 0) is 6.42 Å². The third-order valence-electron chi connectivity index (χ3n) is 3.83. The van der Waals surface area contributed by atoms with Gasteiger partial charge >= 0.3 is 0 Å². The van der Waals surface area contributed by atoms with Crippen molar-refractivity contribution in [3.05, 3.63) is 65.7 Å². The van der Waals surface area contributed by atoms with E-state index in [0.29, 0.717) is 23.5 Å². The van der Waals surface area contributed by atoms with Crippen molar-refractivity contribution in [2.24, 2.45) is 0 Å². The standard InChI is InChI=1S/C18H15N5O/c1-11-4-2-5-12(8-11)9-14-21-18(23-22-14)16-17(24)15-13(10-20-16)6-3-7-19-15/h2-8,10,24H,9H2,1H3,(H,21,22,23). The third-order valence-corrected chi connectivity index (χ3v) is 3.83. The maximum absolute atomic E-state index is 10.4. The molecule has 0 aliphatic carbocycles. The van der Waals surface area contributed by atoms with Crippen LogP contribution in [0.2, 0.25) is 0 Å². The van der Waals surface area contributed by atoms with Gasteiger partial charge in [-0.05, 0) is 24.6 Å². The highest BCUT2D eigenvalue weighted by Crippen LogP contribution is 2.30. The fourth-order valence-electron chi connectivity index (χ4n) is 2.70. The predicted molar refractivity (Wildman–Crippen MR) is 90.6 cm³/mol. The molecule has 0 saturated carbocycles. The first-order valence-corrected chi connectivity index (χ1v) is 7.61. The van der Waals surface area contributed by atoms with Crippen molar-refractivity contribution >= 4 is 10.9 Å². The van der Waals surface area contributed by atoms with Crippen molar-refractivity contribution in [1.29, 1.82) is 0 Å². The van der Waals surface area contributed by atoms with E-state index >= 15 is 0 Å². The number of H-pyrrole nitrogens is 1. The third kappa shape index (κ3) is 2.58. The highest BCUT2D eigenvalue weighted by atomic mass is 16.3. The molecule has 6 heteroatoms. The number of aromatic hydroxyl groups is 1. The number of nitrogens with one attached hydrogen (secondary N) is 1. The number of nitrogens with zero attached hydrogens (tertiary/aromatic N) is 4. The average molecular weight is 317 g/mol. The molecule has 0 unspecified atom stereocenters. The van der Waals surface area contributed by atoms with Gasteiger partial charge in [0.25, 0.3) is 0 Å². The Hall–Kier alpha value is -3.28. The molecule has 0 atom stereocenters. The lowest BCUT2D eigenvalue weighted by atomic mass is 10.1. The second kappa shape index (κ2) is 5.73. The van der Waals surface area contributed by atoms with Gasteiger partial charge in [0, 0.05) is 24.2 Å². The molecule has 0 spiro atoms. The van der Waals surface area contributed by atoms with Crippen LogP contribution in [0.15, 0.2) is 48.8 Å². The quantitative estimate of drug-likeness (QED) is 0.606. The second-order valence-electron chi connectivity index (χ2n) is 5.68. The molecule has 0 saturated heterocycles. The van der Waals surface area contributed by atoms with Crippen molar-refractivity contribution in [1.82, 2.24) is 25.1 Å². The lowest BCUT2D eigenvalue weighted by molar-refractivity contribution is 0.479. The zero-order valence-electron chi connectivity index (χ0n) is 13.1. The number of fused-ring (bicyclic) bond motifs is 1. The molecule has 0 aliphatic heterocycles. The molecule has 24 heavy (non-hydrogen) atoms. The molecule has 118 valence electrons. The summed E-state index contributed by atoms with van der Waals surface area (Å²) in [6.07, 6.45) is 3.94. The van der Waals surface area contributed by atoms with Crippen LogP contribution in [0, 0.1) is 6.92 Å². The minimum atomic E-state index is 0.00588. The van der Waals surface area contributed by atoms with Crippen LogP contribution < -0.4 is 0 Å². The lowest BCUT2D eigenvalue weighted by Gasteiger charge is -2.03. The van der Waals surface area contributed by atoms with E-state index in [0.717, 1.165) is 16.8 Å². The van der Waals surface area contributed by atoms with Crippen molar-refractivity contribution in [2.45, 2.75) is 13.3 Å². The topological polar surface area (TPSA) is 87.6 Å². The van der Waals surface area contributed by atoms with Gasteiger partial charge in [-0.1, -0.05) is 29.8 Å². The molecule has 1 aromatic carbocycles. The molecule has 0 bridgehead atoms. The van der Waals surface area contributed by atoms with Crippen LogP contribution in [0.3, 0.4) is 0 Å². The number of aromatic nitrogens is 5. The Kier molecular flexibility index (Phi) is 3.42. The Morgan fingerprint density at radius 2 is 2.00 bits per heavy atom. The number of rotatable bonds is 3. The molecule has 3 heterocycles. The van der Waals surface area contributed by atoms with Gasteiger partial charge in [0.2, 0.25) is 0 Å². The molecule has 0 aliphatic rings. The van der Waals surface area contributed by atoms with Crippen molar-refractivity contribution in [3.8, 4) is 17.3 Å². The zero-order valence-corrected chi connectivity index (χ0v) is 13.1. The van der Waals surface area contributed by atoms with Crippen molar-refractivity contribution in [3.63, 3.8) is 0 Å². The number of benzene rings is 1.